The maximum atomic E-state index is 12.9. The number of nitrogens with zero attached hydrogens (tertiary/aromatic N) is 3. The van der Waals surface area contributed by atoms with E-state index in [4.69, 9.17) is 9.72 Å². The van der Waals surface area contributed by atoms with Crippen LogP contribution in [0.25, 0.3) is 5.65 Å². The molecule has 0 atom stereocenters. The topological polar surface area (TPSA) is 81.0 Å². The van der Waals surface area contributed by atoms with Crippen molar-refractivity contribution in [2.75, 3.05) is 0 Å². The molecule has 1 saturated carbocycles. The smallest absolute Gasteiger partial charge is 0.312 e. The van der Waals surface area contributed by atoms with Crippen molar-refractivity contribution in [3.05, 3.63) is 70.7 Å². The molecule has 1 aliphatic carbocycles. The average molecular weight is 474 g/mol. The number of aromatic nitrogens is 2. The fourth-order valence-corrected chi connectivity index (χ4v) is 4.60. The summed E-state index contributed by atoms with van der Waals surface area (Å²) in [6.07, 6.45) is 6.73. The van der Waals surface area contributed by atoms with Gasteiger partial charge in [0, 0.05) is 12.4 Å². The molecule has 7 heteroatoms. The molecule has 2 aliphatic rings. The number of imide groups is 1. The zero-order valence-electron chi connectivity index (χ0n) is 20.9. The van der Waals surface area contributed by atoms with E-state index < -0.39 is 11.0 Å². The highest BCUT2D eigenvalue weighted by atomic mass is 16.6. The van der Waals surface area contributed by atoms with Crippen molar-refractivity contribution < 1.29 is 19.1 Å². The number of hydrogen-bond acceptors (Lipinski definition) is 5. The second-order valence-corrected chi connectivity index (χ2v) is 11.3. The zero-order chi connectivity index (χ0) is 25.1. The van der Waals surface area contributed by atoms with Gasteiger partial charge in [0.1, 0.15) is 11.2 Å². The van der Waals surface area contributed by atoms with E-state index in [1.807, 2.05) is 45.2 Å². The third-order valence-corrected chi connectivity index (χ3v) is 6.53. The van der Waals surface area contributed by atoms with Gasteiger partial charge in [0.05, 0.1) is 28.8 Å². The van der Waals surface area contributed by atoms with Crippen molar-refractivity contribution >= 4 is 23.4 Å². The molecule has 35 heavy (non-hydrogen) atoms. The predicted molar refractivity (Wildman–Crippen MR) is 131 cm³/mol. The monoisotopic (exact) mass is 473 g/mol. The van der Waals surface area contributed by atoms with E-state index in [1.165, 1.54) is 10.5 Å². The Morgan fingerprint density at radius 1 is 1.03 bits per heavy atom. The van der Waals surface area contributed by atoms with Crippen molar-refractivity contribution in [2.45, 2.75) is 71.9 Å². The fraction of sp³-hybridized carbons (Fsp3) is 0.429. The number of carbonyl (C=O) groups is 3. The van der Waals surface area contributed by atoms with Crippen LogP contribution in [0.3, 0.4) is 0 Å². The average Bonchev–Trinajstić information content (AvgIpc) is 3.50. The molecule has 1 fully saturated rings. The molecule has 182 valence electrons. The second-order valence-electron chi connectivity index (χ2n) is 11.3. The van der Waals surface area contributed by atoms with Gasteiger partial charge in [-0.2, -0.15) is 0 Å². The van der Waals surface area contributed by atoms with Gasteiger partial charge in [-0.15, -0.1) is 0 Å². The molecule has 0 saturated heterocycles. The number of benzene rings is 1. The lowest BCUT2D eigenvalue weighted by molar-refractivity contribution is -0.165. The lowest BCUT2D eigenvalue weighted by atomic mass is 9.85. The fourth-order valence-electron chi connectivity index (χ4n) is 4.60. The maximum Gasteiger partial charge on any atom is 0.312 e. The normalized spacial score (nSPS) is 16.2. The molecule has 0 unspecified atom stereocenters. The Balaban J connectivity index is 1.47. The van der Waals surface area contributed by atoms with E-state index in [1.54, 1.807) is 24.3 Å². The third-order valence-electron chi connectivity index (χ3n) is 6.53. The molecule has 7 nitrogen and oxygen atoms in total. The van der Waals surface area contributed by atoms with Crippen molar-refractivity contribution in [1.82, 2.24) is 14.3 Å². The Bertz CT molecular complexity index is 1320. The van der Waals surface area contributed by atoms with Crippen LogP contribution in [0.1, 0.15) is 90.9 Å². The van der Waals surface area contributed by atoms with Crippen LogP contribution in [0, 0.1) is 5.41 Å². The first-order valence-corrected chi connectivity index (χ1v) is 12.1. The summed E-state index contributed by atoms with van der Waals surface area (Å²) >= 11 is 0. The first kappa shape index (κ1) is 23.3. The summed E-state index contributed by atoms with van der Waals surface area (Å²) in [5, 5.41) is 0. The lowest BCUT2D eigenvalue weighted by Crippen LogP contribution is -2.35. The summed E-state index contributed by atoms with van der Waals surface area (Å²) in [6, 6.07) is 9.03. The molecule has 0 radical (unpaired) electrons. The standard InChI is InChI=1S/C28H31N3O4/c1-27(2,3)35-26(34)28(4,5)13-18-12-19(17-10-11-17)14-30-15-20(29-23(18)30)16-31-24(32)21-8-6-7-9-22(21)25(31)33/h6-9,12,14-15,17H,10-11,13,16H2,1-5H3. The summed E-state index contributed by atoms with van der Waals surface area (Å²) in [5.74, 6) is -0.331. The minimum absolute atomic E-state index is 0.0989. The summed E-state index contributed by atoms with van der Waals surface area (Å²) in [6.45, 7) is 9.49. The number of rotatable bonds is 6. The molecule has 0 bridgehead atoms. The van der Waals surface area contributed by atoms with Crippen LogP contribution in [0.5, 0.6) is 0 Å². The minimum atomic E-state index is -0.745. The van der Waals surface area contributed by atoms with Crippen LogP contribution in [0.15, 0.2) is 42.7 Å². The minimum Gasteiger partial charge on any atom is -0.460 e. The molecule has 2 aromatic heterocycles. The van der Waals surface area contributed by atoms with E-state index in [2.05, 4.69) is 12.3 Å². The van der Waals surface area contributed by atoms with Gasteiger partial charge in [-0.1, -0.05) is 18.2 Å². The van der Waals surface area contributed by atoms with E-state index in [-0.39, 0.29) is 24.3 Å². The Kier molecular flexibility index (Phi) is 5.34. The molecule has 1 aliphatic heterocycles. The Labute approximate surface area is 205 Å². The Hall–Kier alpha value is -3.48. The van der Waals surface area contributed by atoms with Gasteiger partial charge in [0.15, 0.2) is 0 Å². The quantitative estimate of drug-likeness (QED) is 0.375. The molecule has 1 aromatic carbocycles. The molecule has 3 aromatic rings. The van der Waals surface area contributed by atoms with E-state index in [0.29, 0.717) is 29.2 Å². The van der Waals surface area contributed by atoms with Crippen molar-refractivity contribution in [2.24, 2.45) is 5.41 Å². The third kappa shape index (κ3) is 4.47. The van der Waals surface area contributed by atoms with E-state index in [9.17, 15) is 14.4 Å². The number of amides is 2. The van der Waals surface area contributed by atoms with Crippen molar-refractivity contribution in [3.63, 3.8) is 0 Å². The van der Waals surface area contributed by atoms with Gasteiger partial charge >= 0.3 is 5.97 Å². The summed E-state index contributed by atoms with van der Waals surface area (Å²) in [4.78, 5) is 44.7. The first-order valence-electron chi connectivity index (χ1n) is 12.1. The molecule has 0 N–H and O–H groups in total. The summed E-state index contributed by atoms with van der Waals surface area (Å²) in [5.41, 5.74) is 3.09. The highest BCUT2D eigenvalue weighted by Crippen LogP contribution is 2.41. The highest BCUT2D eigenvalue weighted by molar-refractivity contribution is 6.21. The lowest BCUT2D eigenvalue weighted by Gasteiger charge is -2.28. The maximum absolute atomic E-state index is 12.9. The van der Waals surface area contributed by atoms with Crippen LogP contribution >= 0.6 is 0 Å². The van der Waals surface area contributed by atoms with Gasteiger partial charge in [0.25, 0.3) is 11.8 Å². The summed E-state index contributed by atoms with van der Waals surface area (Å²) < 4.78 is 7.65. The number of carbonyl (C=O) groups excluding carboxylic acids is 3. The predicted octanol–water partition coefficient (Wildman–Crippen LogP) is 4.92. The van der Waals surface area contributed by atoms with Crippen molar-refractivity contribution in [3.8, 4) is 0 Å². The van der Waals surface area contributed by atoms with Crippen LogP contribution < -0.4 is 0 Å². The number of esters is 1. The molecular formula is C28H31N3O4. The van der Waals surface area contributed by atoms with E-state index >= 15 is 0 Å². The highest BCUT2D eigenvalue weighted by Gasteiger charge is 2.37. The number of imidazole rings is 1. The van der Waals surface area contributed by atoms with Gasteiger partial charge in [0.2, 0.25) is 0 Å². The van der Waals surface area contributed by atoms with Gasteiger partial charge in [-0.05, 0) is 83.1 Å². The molecule has 0 spiro atoms. The first-order chi connectivity index (χ1) is 16.4. The van der Waals surface area contributed by atoms with Gasteiger partial charge in [-0.3, -0.25) is 19.3 Å². The van der Waals surface area contributed by atoms with Crippen molar-refractivity contribution in [1.29, 1.82) is 0 Å². The number of pyridine rings is 1. The van der Waals surface area contributed by atoms with Crippen LogP contribution in [0.4, 0.5) is 0 Å². The SMILES string of the molecule is CC(C)(C)OC(=O)C(C)(C)Cc1cc(C2CC2)cn2cc(CN3C(=O)c4ccccc4C3=O)nc12. The number of hydrogen-bond donors (Lipinski definition) is 0. The van der Waals surface area contributed by atoms with Crippen LogP contribution in [-0.2, 0) is 22.5 Å². The molecule has 2 amide bonds. The molecule has 5 rings (SSSR count). The summed E-state index contributed by atoms with van der Waals surface area (Å²) in [7, 11) is 0. The largest absolute Gasteiger partial charge is 0.460 e. The Morgan fingerprint density at radius 3 is 2.23 bits per heavy atom. The second kappa shape index (κ2) is 8.04. The van der Waals surface area contributed by atoms with E-state index in [0.717, 1.165) is 24.1 Å². The van der Waals surface area contributed by atoms with Gasteiger partial charge in [-0.25, -0.2) is 4.98 Å². The number of ether oxygens (including phenoxy) is 1. The molecular weight excluding hydrogens is 442 g/mol. The Morgan fingerprint density at radius 2 is 1.66 bits per heavy atom. The number of fused-ring (bicyclic) bond motifs is 2. The van der Waals surface area contributed by atoms with Crippen LogP contribution in [0.2, 0.25) is 0 Å². The van der Waals surface area contributed by atoms with Crippen LogP contribution in [-0.4, -0.2) is 37.7 Å². The molecule has 3 heterocycles. The van der Waals surface area contributed by atoms with Gasteiger partial charge < -0.3 is 9.14 Å². The zero-order valence-corrected chi connectivity index (χ0v) is 20.9.